The summed E-state index contributed by atoms with van der Waals surface area (Å²) in [5.41, 5.74) is 0.675. The fourth-order valence-corrected chi connectivity index (χ4v) is 2.09. The Hall–Kier alpha value is -1.65. The number of nitrogens with one attached hydrogen (secondary N) is 1. The maximum atomic E-state index is 11.4. The first-order valence-corrected chi connectivity index (χ1v) is 6.66. The summed E-state index contributed by atoms with van der Waals surface area (Å²) in [5.74, 6) is 0.787. The van der Waals surface area contributed by atoms with Gasteiger partial charge in [-0.1, -0.05) is 6.92 Å². The molecule has 1 amide bonds. The van der Waals surface area contributed by atoms with Crippen LogP contribution in [0, 0.1) is 0 Å². The molecule has 1 saturated heterocycles. The lowest BCUT2D eigenvalue weighted by Crippen LogP contribution is -2.30. The van der Waals surface area contributed by atoms with E-state index < -0.39 is 0 Å². The van der Waals surface area contributed by atoms with Gasteiger partial charge >= 0.3 is 0 Å². The molecule has 1 N–H and O–H groups in total. The Bertz CT molecular complexity index is 384. The highest BCUT2D eigenvalue weighted by Gasteiger charge is 2.13. The predicted octanol–water partition coefficient (Wildman–Crippen LogP) is 2.21. The number of anilines is 2. The first-order valence-electron chi connectivity index (χ1n) is 6.66. The van der Waals surface area contributed by atoms with E-state index in [1.807, 2.05) is 6.92 Å². The molecule has 0 aromatic carbocycles. The molecule has 1 aromatic heterocycles. The van der Waals surface area contributed by atoms with Crippen LogP contribution < -0.4 is 10.2 Å². The van der Waals surface area contributed by atoms with E-state index >= 15 is 0 Å². The molecule has 2 rings (SSSR count). The molecule has 0 saturated carbocycles. The predicted molar refractivity (Wildman–Crippen MR) is 71.6 cm³/mol. The Kier molecular flexibility index (Phi) is 4.50. The maximum Gasteiger partial charge on any atom is 0.225 e. The largest absolute Gasteiger partial charge is 0.341 e. The Morgan fingerprint density at radius 2 is 1.94 bits per heavy atom. The summed E-state index contributed by atoms with van der Waals surface area (Å²) in [6.45, 7) is 4.04. The molecule has 2 heterocycles. The molecule has 0 unspecified atom stereocenters. The zero-order valence-corrected chi connectivity index (χ0v) is 10.9. The zero-order valence-electron chi connectivity index (χ0n) is 10.9. The smallest absolute Gasteiger partial charge is 0.225 e. The Balaban J connectivity index is 1.94. The second-order valence-corrected chi connectivity index (χ2v) is 4.62. The van der Waals surface area contributed by atoms with Crippen molar-refractivity contribution in [1.82, 2.24) is 9.97 Å². The van der Waals surface area contributed by atoms with E-state index in [1.165, 1.54) is 19.3 Å². The van der Waals surface area contributed by atoms with Gasteiger partial charge in [0, 0.05) is 19.5 Å². The molecule has 1 aliphatic heterocycles. The van der Waals surface area contributed by atoms with E-state index in [0.29, 0.717) is 12.1 Å². The topological polar surface area (TPSA) is 58.1 Å². The molecule has 5 heteroatoms. The molecule has 0 spiro atoms. The second-order valence-electron chi connectivity index (χ2n) is 4.62. The number of carbonyl (C=O) groups is 1. The van der Waals surface area contributed by atoms with E-state index in [9.17, 15) is 4.79 Å². The lowest BCUT2D eigenvalue weighted by molar-refractivity contribution is -0.116. The third kappa shape index (κ3) is 3.42. The van der Waals surface area contributed by atoms with Gasteiger partial charge in [-0.25, -0.2) is 9.97 Å². The number of carbonyl (C=O) groups excluding carboxylic acids is 1. The summed E-state index contributed by atoms with van der Waals surface area (Å²) in [6.07, 6.45) is 8.46. The standard InChI is InChI=1S/C13H20N4O/c1-2-6-12(18)16-11-9-14-13(15-10-11)17-7-4-3-5-8-17/h9-10H,2-8H2,1H3,(H,16,18). The van der Waals surface area contributed by atoms with Crippen LogP contribution in [0.4, 0.5) is 11.6 Å². The fourth-order valence-electron chi connectivity index (χ4n) is 2.09. The van der Waals surface area contributed by atoms with E-state index in [1.54, 1.807) is 12.4 Å². The van der Waals surface area contributed by atoms with Gasteiger partial charge in [0.2, 0.25) is 11.9 Å². The van der Waals surface area contributed by atoms with Crippen molar-refractivity contribution in [2.45, 2.75) is 39.0 Å². The van der Waals surface area contributed by atoms with Crippen LogP contribution in [0.5, 0.6) is 0 Å². The summed E-state index contributed by atoms with van der Waals surface area (Å²) in [7, 11) is 0. The summed E-state index contributed by atoms with van der Waals surface area (Å²) in [4.78, 5) is 22.2. The summed E-state index contributed by atoms with van der Waals surface area (Å²) >= 11 is 0. The average Bonchev–Trinajstić information content (AvgIpc) is 2.41. The molecule has 5 nitrogen and oxygen atoms in total. The van der Waals surface area contributed by atoms with Gasteiger partial charge in [0.15, 0.2) is 0 Å². The molecule has 1 fully saturated rings. The van der Waals surface area contributed by atoms with Gasteiger partial charge in [0.1, 0.15) is 0 Å². The van der Waals surface area contributed by atoms with Crippen molar-refractivity contribution in [3.8, 4) is 0 Å². The monoisotopic (exact) mass is 248 g/mol. The Morgan fingerprint density at radius 1 is 1.28 bits per heavy atom. The highest BCUT2D eigenvalue weighted by atomic mass is 16.1. The molecule has 0 radical (unpaired) electrons. The normalized spacial score (nSPS) is 15.5. The van der Waals surface area contributed by atoms with Crippen LogP contribution >= 0.6 is 0 Å². The molecule has 0 bridgehead atoms. The summed E-state index contributed by atoms with van der Waals surface area (Å²) in [5, 5.41) is 2.79. The molecule has 0 atom stereocenters. The molecule has 1 aromatic rings. The number of hydrogen-bond donors (Lipinski definition) is 1. The minimum Gasteiger partial charge on any atom is -0.341 e. The minimum absolute atomic E-state index is 0.0202. The van der Waals surface area contributed by atoms with Crippen molar-refractivity contribution < 1.29 is 4.79 Å². The van der Waals surface area contributed by atoms with Crippen LogP contribution in [0.1, 0.15) is 39.0 Å². The fraction of sp³-hybridized carbons (Fsp3) is 0.615. The number of hydrogen-bond acceptors (Lipinski definition) is 4. The number of nitrogens with zero attached hydrogens (tertiary/aromatic N) is 3. The molecular weight excluding hydrogens is 228 g/mol. The van der Waals surface area contributed by atoms with Crippen molar-refractivity contribution in [1.29, 1.82) is 0 Å². The number of piperidine rings is 1. The molecule has 1 aliphatic rings. The third-order valence-corrected chi connectivity index (χ3v) is 3.04. The lowest BCUT2D eigenvalue weighted by Gasteiger charge is -2.26. The van der Waals surface area contributed by atoms with Gasteiger partial charge in [0.25, 0.3) is 0 Å². The van der Waals surface area contributed by atoms with E-state index in [0.717, 1.165) is 25.5 Å². The number of rotatable bonds is 4. The van der Waals surface area contributed by atoms with Crippen LogP contribution in [0.2, 0.25) is 0 Å². The molecule has 98 valence electrons. The highest BCUT2D eigenvalue weighted by molar-refractivity contribution is 5.90. The quantitative estimate of drug-likeness (QED) is 0.887. The minimum atomic E-state index is 0.0202. The average molecular weight is 248 g/mol. The highest BCUT2D eigenvalue weighted by Crippen LogP contribution is 2.16. The third-order valence-electron chi connectivity index (χ3n) is 3.04. The molecule has 0 aliphatic carbocycles. The molecule has 18 heavy (non-hydrogen) atoms. The second kappa shape index (κ2) is 6.33. The number of amides is 1. The van der Waals surface area contributed by atoms with Gasteiger partial charge in [-0.3, -0.25) is 4.79 Å². The zero-order chi connectivity index (χ0) is 12.8. The van der Waals surface area contributed by atoms with E-state index in [2.05, 4.69) is 20.2 Å². The first-order chi connectivity index (χ1) is 8.79. The van der Waals surface area contributed by atoms with Crippen molar-refractivity contribution in [3.63, 3.8) is 0 Å². The van der Waals surface area contributed by atoms with Crippen LogP contribution in [0.15, 0.2) is 12.4 Å². The van der Waals surface area contributed by atoms with Crippen molar-refractivity contribution >= 4 is 17.5 Å². The van der Waals surface area contributed by atoms with Crippen LogP contribution in [-0.4, -0.2) is 29.0 Å². The first kappa shape index (κ1) is 12.8. The van der Waals surface area contributed by atoms with E-state index in [4.69, 9.17) is 0 Å². The summed E-state index contributed by atoms with van der Waals surface area (Å²) in [6, 6.07) is 0. The van der Waals surface area contributed by atoms with Crippen molar-refractivity contribution in [2.24, 2.45) is 0 Å². The SMILES string of the molecule is CCCC(=O)Nc1cnc(N2CCCCC2)nc1. The number of aromatic nitrogens is 2. The van der Waals surface area contributed by atoms with Gasteiger partial charge in [-0.2, -0.15) is 0 Å². The van der Waals surface area contributed by atoms with Crippen LogP contribution in [0.25, 0.3) is 0 Å². The van der Waals surface area contributed by atoms with Gasteiger partial charge in [0.05, 0.1) is 18.1 Å². The van der Waals surface area contributed by atoms with E-state index in [-0.39, 0.29) is 5.91 Å². The van der Waals surface area contributed by atoms with Crippen molar-refractivity contribution in [3.05, 3.63) is 12.4 Å². The van der Waals surface area contributed by atoms with Crippen molar-refractivity contribution in [2.75, 3.05) is 23.3 Å². The van der Waals surface area contributed by atoms with Crippen LogP contribution in [-0.2, 0) is 4.79 Å². The van der Waals surface area contributed by atoms with Crippen LogP contribution in [0.3, 0.4) is 0 Å². The Labute approximate surface area is 108 Å². The Morgan fingerprint density at radius 3 is 2.56 bits per heavy atom. The molecular formula is C13H20N4O. The van der Waals surface area contributed by atoms with Gasteiger partial charge in [-0.15, -0.1) is 0 Å². The van der Waals surface area contributed by atoms with Gasteiger partial charge in [-0.05, 0) is 25.7 Å². The van der Waals surface area contributed by atoms with Gasteiger partial charge < -0.3 is 10.2 Å². The maximum absolute atomic E-state index is 11.4. The lowest BCUT2D eigenvalue weighted by atomic mass is 10.1. The summed E-state index contributed by atoms with van der Waals surface area (Å²) < 4.78 is 0.